The van der Waals surface area contributed by atoms with Crippen molar-refractivity contribution in [3.8, 4) is 0 Å². The summed E-state index contributed by atoms with van der Waals surface area (Å²) in [6.07, 6.45) is -3.94. The van der Waals surface area contributed by atoms with Gasteiger partial charge in [0.2, 0.25) is 5.91 Å². The van der Waals surface area contributed by atoms with Crippen LogP contribution < -0.4 is 5.32 Å². The molecule has 2 saturated heterocycles. The number of nitrogens with zero attached hydrogens (tertiary/aromatic N) is 1. The Morgan fingerprint density at radius 2 is 2.12 bits per heavy atom. The van der Waals surface area contributed by atoms with E-state index in [9.17, 15) is 19.8 Å². The molecule has 0 saturated carbocycles. The van der Waals surface area contributed by atoms with Gasteiger partial charge >= 0.3 is 6.03 Å². The molecule has 2 aliphatic rings. The van der Waals surface area contributed by atoms with Crippen LogP contribution in [0, 0.1) is 0 Å². The Bertz CT molecular complexity index is 335. The van der Waals surface area contributed by atoms with Gasteiger partial charge in [0, 0.05) is 6.42 Å². The summed E-state index contributed by atoms with van der Waals surface area (Å²) in [5.41, 5.74) is 0. The summed E-state index contributed by atoms with van der Waals surface area (Å²) in [6, 6.07) is -0.760. The highest BCUT2D eigenvalue weighted by atomic mass is 16.5. The Kier molecular flexibility index (Phi) is 3.29. The minimum absolute atomic E-state index is 0.0872. The molecular formula is C9H14N2O6. The third-order valence-corrected chi connectivity index (χ3v) is 2.86. The normalized spacial score (nSPS) is 38.4. The number of rotatable bonds is 2. The predicted octanol–water partition coefficient (Wildman–Crippen LogP) is -2.29. The zero-order chi connectivity index (χ0) is 12.6. The van der Waals surface area contributed by atoms with E-state index in [2.05, 4.69) is 0 Å². The van der Waals surface area contributed by atoms with Crippen molar-refractivity contribution in [2.45, 2.75) is 37.5 Å². The van der Waals surface area contributed by atoms with Crippen LogP contribution in [0.25, 0.3) is 0 Å². The van der Waals surface area contributed by atoms with Crippen LogP contribution in [0.4, 0.5) is 4.79 Å². The first-order valence-corrected chi connectivity index (χ1v) is 5.27. The number of hydrogen-bond donors (Lipinski definition) is 4. The second-order valence-corrected chi connectivity index (χ2v) is 4.06. The predicted molar refractivity (Wildman–Crippen MR) is 52.4 cm³/mol. The number of nitrogens with one attached hydrogen (secondary N) is 1. The Labute approximate surface area is 96.8 Å². The molecule has 2 heterocycles. The Morgan fingerprint density at radius 3 is 2.65 bits per heavy atom. The molecule has 0 aromatic heterocycles. The SMILES string of the molecule is O=C1CC(O)N([C@H]2C[C@H](O)[C@@H](CO)O2)C(=O)N1. The van der Waals surface area contributed by atoms with Gasteiger partial charge in [0.1, 0.15) is 18.6 Å². The van der Waals surface area contributed by atoms with Gasteiger partial charge in [-0.05, 0) is 0 Å². The number of imide groups is 1. The van der Waals surface area contributed by atoms with Crippen LogP contribution in [0.1, 0.15) is 12.8 Å². The van der Waals surface area contributed by atoms with E-state index in [0.717, 1.165) is 4.90 Å². The number of carbonyl (C=O) groups excluding carboxylic acids is 2. The number of hydrogen-bond acceptors (Lipinski definition) is 6. The van der Waals surface area contributed by atoms with E-state index < -0.39 is 36.6 Å². The van der Waals surface area contributed by atoms with E-state index in [1.165, 1.54) is 0 Å². The van der Waals surface area contributed by atoms with Crippen molar-refractivity contribution in [3.63, 3.8) is 0 Å². The van der Waals surface area contributed by atoms with Crippen LogP contribution in [0.3, 0.4) is 0 Å². The lowest BCUT2D eigenvalue weighted by Gasteiger charge is -2.35. The van der Waals surface area contributed by atoms with E-state index in [1.54, 1.807) is 0 Å². The number of amides is 3. The lowest BCUT2D eigenvalue weighted by molar-refractivity contribution is -0.141. The molecule has 2 fully saturated rings. The topological polar surface area (TPSA) is 119 Å². The fraction of sp³-hybridized carbons (Fsp3) is 0.778. The van der Waals surface area contributed by atoms with Crippen LogP contribution in [0.2, 0.25) is 0 Å². The summed E-state index contributed by atoms with van der Waals surface area (Å²) in [5.74, 6) is -0.559. The van der Waals surface area contributed by atoms with Gasteiger partial charge in [0.15, 0.2) is 0 Å². The summed E-state index contributed by atoms with van der Waals surface area (Å²) in [6.45, 7) is -0.373. The van der Waals surface area contributed by atoms with Gasteiger partial charge in [0.05, 0.1) is 19.1 Å². The Balaban J connectivity index is 2.07. The first-order chi connectivity index (χ1) is 8.02. The Hall–Kier alpha value is -1.22. The molecule has 0 bridgehead atoms. The first-order valence-electron chi connectivity index (χ1n) is 5.27. The summed E-state index contributed by atoms with van der Waals surface area (Å²) >= 11 is 0. The minimum Gasteiger partial charge on any atom is -0.394 e. The second kappa shape index (κ2) is 4.57. The minimum atomic E-state index is -1.27. The van der Waals surface area contributed by atoms with Crippen molar-refractivity contribution in [3.05, 3.63) is 0 Å². The molecule has 0 radical (unpaired) electrons. The zero-order valence-electron chi connectivity index (χ0n) is 8.94. The van der Waals surface area contributed by atoms with Gasteiger partial charge in [-0.15, -0.1) is 0 Å². The summed E-state index contributed by atoms with van der Waals surface area (Å²) in [7, 11) is 0. The smallest absolute Gasteiger partial charge is 0.328 e. The van der Waals surface area contributed by atoms with Crippen molar-refractivity contribution in [1.29, 1.82) is 0 Å². The number of aliphatic hydroxyl groups excluding tert-OH is 3. The molecule has 0 aliphatic carbocycles. The molecular weight excluding hydrogens is 232 g/mol. The fourth-order valence-electron chi connectivity index (χ4n) is 2.01. The van der Waals surface area contributed by atoms with E-state index in [1.807, 2.05) is 5.32 Å². The molecule has 4 N–H and O–H groups in total. The summed E-state index contributed by atoms with van der Waals surface area (Å²) < 4.78 is 5.23. The van der Waals surface area contributed by atoms with E-state index >= 15 is 0 Å². The van der Waals surface area contributed by atoms with Crippen molar-refractivity contribution in [1.82, 2.24) is 10.2 Å². The highest BCUT2D eigenvalue weighted by Gasteiger charge is 2.43. The lowest BCUT2D eigenvalue weighted by atomic mass is 10.1. The molecule has 3 amide bonds. The highest BCUT2D eigenvalue weighted by molar-refractivity contribution is 5.97. The molecule has 4 atom stereocenters. The number of carbonyl (C=O) groups is 2. The maximum absolute atomic E-state index is 11.5. The van der Waals surface area contributed by atoms with Gasteiger partial charge < -0.3 is 20.1 Å². The maximum Gasteiger partial charge on any atom is 0.328 e. The lowest BCUT2D eigenvalue weighted by Crippen LogP contribution is -2.58. The van der Waals surface area contributed by atoms with Gasteiger partial charge in [0.25, 0.3) is 0 Å². The third-order valence-electron chi connectivity index (χ3n) is 2.86. The molecule has 2 aliphatic heterocycles. The Morgan fingerprint density at radius 1 is 1.41 bits per heavy atom. The van der Waals surface area contributed by atoms with Crippen molar-refractivity contribution >= 4 is 11.9 Å². The monoisotopic (exact) mass is 246 g/mol. The molecule has 17 heavy (non-hydrogen) atoms. The highest BCUT2D eigenvalue weighted by Crippen LogP contribution is 2.26. The van der Waals surface area contributed by atoms with Gasteiger partial charge in [-0.25, -0.2) is 4.79 Å². The van der Waals surface area contributed by atoms with Crippen LogP contribution in [-0.4, -0.2) is 63.4 Å². The van der Waals surface area contributed by atoms with Gasteiger partial charge in [-0.1, -0.05) is 0 Å². The average molecular weight is 246 g/mol. The fourth-order valence-corrected chi connectivity index (χ4v) is 2.01. The molecule has 0 aromatic rings. The van der Waals surface area contributed by atoms with E-state index in [-0.39, 0.29) is 19.4 Å². The molecule has 8 nitrogen and oxygen atoms in total. The van der Waals surface area contributed by atoms with Crippen LogP contribution in [0.5, 0.6) is 0 Å². The van der Waals surface area contributed by atoms with Crippen LogP contribution in [0.15, 0.2) is 0 Å². The van der Waals surface area contributed by atoms with Crippen molar-refractivity contribution in [2.24, 2.45) is 0 Å². The molecule has 0 spiro atoms. The summed E-state index contributed by atoms with van der Waals surface area (Å²) in [5, 5.41) is 30.1. The first kappa shape index (κ1) is 12.2. The molecule has 2 rings (SSSR count). The molecule has 0 aromatic carbocycles. The molecule has 8 heteroatoms. The average Bonchev–Trinajstić information content (AvgIpc) is 2.57. The van der Waals surface area contributed by atoms with Gasteiger partial charge in [-0.3, -0.25) is 15.0 Å². The molecule has 1 unspecified atom stereocenters. The largest absolute Gasteiger partial charge is 0.394 e. The number of ether oxygens (including phenoxy) is 1. The van der Waals surface area contributed by atoms with Crippen LogP contribution in [-0.2, 0) is 9.53 Å². The summed E-state index contributed by atoms with van der Waals surface area (Å²) in [4.78, 5) is 23.5. The zero-order valence-corrected chi connectivity index (χ0v) is 8.94. The second-order valence-electron chi connectivity index (χ2n) is 4.06. The van der Waals surface area contributed by atoms with E-state index in [4.69, 9.17) is 9.84 Å². The number of aliphatic hydroxyl groups is 3. The maximum atomic E-state index is 11.5. The molecule has 96 valence electrons. The van der Waals surface area contributed by atoms with Crippen LogP contribution >= 0.6 is 0 Å². The van der Waals surface area contributed by atoms with Gasteiger partial charge in [-0.2, -0.15) is 0 Å². The van der Waals surface area contributed by atoms with E-state index in [0.29, 0.717) is 0 Å². The third kappa shape index (κ3) is 2.25. The standard InChI is InChI=1S/C9H14N2O6/c12-3-5-4(13)1-8(17-5)11-7(15)2-6(14)10-9(11)16/h4-5,7-8,12-13,15H,1-3H2,(H,10,14,16)/t4-,5+,7?,8+/m0/s1. The number of urea groups is 1. The van der Waals surface area contributed by atoms with Crippen molar-refractivity contribution < 1.29 is 29.6 Å². The quantitative estimate of drug-likeness (QED) is 0.435. The van der Waals surface area contributed by atoms with Crippen molar-refractivity contribution in [2.75, 3.05) is 6.61 Å².